The lowest BCUT2D eigenvalue weighted by atomic mass is 10.2. The van der Waals surface area contributed by atoms with Crippen molar-refractivity contribution in [1.82, 2.24) is 5.32 Å². The maximum Gasteiger partial charge on any atom is 0.264 e. The summed E-state index contributed by atoms with van der Waals surface area (Å²) in [5.74, 6) is -0.326. The molecule has 5 nitrogen and oxygen atoms in total. The van der Waals surface area contributed by atoms with E-state index in [1.54, 1.807) is 48.5 Å². The standard InChI is InChI=1S/C18H22N2O3S/c1-3-15(2)19-18(21)14-20(16-10-6-4-7-11-16)24(22,23)17-12-8-5-9-13-17/h4-13,15H,3,14H2,1-2H3,(H,19,21)/t15-/m1/s1. The zero-order chi connectivity index (χ0) is 17.6. The van der Waals surface area contributed by atoms with Gasteiger partial charge in [-0.25, -0.2) is 8.42 Å². The van der Waals surface area contributed by atoms with E-state index in [9.17, 15) is 13.2 Å². The molecule has 24 heavy (non-hydrogen) atoms. The van der Waals surface area contributed by atoms with Crippen LogP contribution in [0.3, 0.4) is 0 Å². The lowest BCUT2D eigenvalue weighted by Gasteiger charge is -2.24. The van der Waals surface area contributed by atoms with Gasteiger partial charge in [0.2, 0.25) is 5.91 Å². The molecule has 0 saturated heterocycles. The van der Waals surface area contributed by atoms with Crippen molar-refractivity contribution in [3.8, 4) is 0 Å². The molecule has 1 N–H and O–H groups in total. The van der Waals surface area contributed by atoms with Crippen molar-refractivity contribution in [2.45, 2.75) is 31.2 Å². The topological polar surface area (TPSA) is 66.5 Å². The second-order valence-electron chi connectivity index (χ2n) is 5.54. The summed E-state index contributed by atoms with van der Waals surface area (Å²) in [6.45, 7) is 3.59. The van der Waals surface area contributed by atoms with E-state index in [-0.39, 0.29) is 23.4 Å². The number of nitrogens with one attached hydrogen (secondary N) is 1. The molecule has 0 aromatic heterocycles. The summed E-state index contributed by atoms with van der Waals surface area (Å²) >= 11 is 0. The maximum atomic E-state index is 13.0. The van der Waals surface area contributed by atoms with Crippen molar-refractivity contribution in [1.29, 1.82) is 0 Å². The number of carbonyl (C=O) groups excluding carboxylic acids is 1. The fourth-order valence-corrected chi connectivity index (χ4v) is 3.62. The molecule has 0 aliphatic heterocycles. The van der Waals surface area contributed by atoms with Gasteiger partial charge in [0.1, 0.15) is 6.54 Å². The third-order valence-corrected chi connectivity index (χ3v) is 5.47. The summed E-state index contributed by atoms with van der Waals surface area (Å²) < 4.78 is 27.1. The largest absolute Gasteiger partial charge is 0.352 e. The first kappa shape index (κ1) is 18.0. The van der Waals surface area contributed by atoms with Crippen LogP contribution in [0.4, 0.5) is 5.69 Å². The van der Waals surface area contributed by atoms with E-state index in [2.05, 4.69) is 5.32 Å². The Balaban J connectivity index is 2.36. The molecule has 1 amide bonds. The zero-order valence-electron chi connectivity index (χ0n) is 13.8. The molecule has 2 aromatic rings. The molecule has 128 valence electrons. The molecular weight excluding hydrogens is 324 g/mol. The number of hydrogen-bond acceptors (Lipinski definition) is 3. The van der Waals surface area contributed by atoms with Gasteiger partial charge in [0.15, 0.2) is 0 Å². The first-order valence-electron chi connectivity index (χ1n) is 7.87. The number of nitrogens with zero attached hydrogens (tertiary/aromatic N) is 1. The fourth-order valence-electron chi connectivity index (χ4n) is 2.18. The predicted octanol–water partition coefficient (Wildman–Crippen LogP) is 2.80. The van der Waals surface area contributed by atoms with Crippen molar-refractivity contribution in [3.05, 3.63) is 60.7 Å². The van der Waals surface area contributed by atoms with Gasteiger partial charge in [-0.15, -0.1) is 0 Å². The maximum absolute atomic E-state index is 13.0. The number of amides is 1. The van der Waals surface area contributed by atoms with Crippen LogP contribution < -0.4 is 9.62 Å². The van der Waals surface area contributed by atoms with Gasteiger partial charge < -0.3 is 5.32 Å². The quantitative estimate of drug-likeness (QED) is 0.838. The van der Waals surface area contributed by atoms with Crippen molar-refractivity contribution in [2.75, 3.05) is 10.8 Å². The Morgan fingerprint density at radius 2 is 1.58 bits per heavy atom. The molecular formula is C18H22N2O3S. The highest BCUT2D eigenvalue weighted by molar-refractivity contribution is 7.92. The van der Waals surface area contributed by atoms with E-state index in [0.29, 0.717) is 5.69 Å². The van der Waals surface area contributed by atoms with Crippen LogP contribution in [-0.4, -0.2) is 26.9 Å². The Kier molecular flexibility index (Phi) is 5.98. The molecule has 0 bridgehead atoms. The summed E-state index contributed by atoms with van der Waals surface area (Å²) in [5, 5.41) is 2.81. The summed E-state index contributed by atoms with van der Waals surface area (Å²) in [5.41, 5.74) is 0.459. The summed E-state index contributed by atoms with van der Waals surface area (Å²) in [6.07, 6.45) is 0.780. The molecule has 6 heteroatoms. The Morgan fingerprint density at radius 3 is 2.12 bits per heavy atom. The Bertz CT molecular complexity index is 761. The van der Waals surface area contributed by atoms with Crippen LogP contribution in [0.25, 0.3) is 0 Å². The summed E-state index contributed by atoms with van der Waals surface area (Å²) in [4.78, 5) is 12.4. The van der Waals surface area contributed by atoms with Crippen molar-refractivity contribution in [3.63, 3.8) is 0 Å². The number of carbonyl (C=O) groups is 1. The van der Waals surface area contributed by atoms with E-state index < -0.39 is 10.0 Å². The van der Waals surface area contributed by atoms with Crippen LogP contribution in [-0.2, 0) is 14.8 Å². The van der Waals surface area contributed by atoms with Gasteiger partial charge in [0.25, 0.3) is 10.0 Å². The smallest absolute Gasteiger partial charge is 0.264 e. The van der Waals surface area contributed by atoms with Gasteiger partial charge in [-0.1, -0.05) is 43.3 Å². The van der Waals surface area contributed by atoms with Crippen molar-refractivity contribution < 1.29 is 13.2 Å². The average molecular weight is 346 g/mol. The second kappa shape index (κ2) is 7.97. The van der Waals surface area contributed by atoms with Crippen LogP contribution in [0.1, 0.15) is 20.3 Å². The number of anilines is 1. The molecule has 0 fully saturated rings. The molecule has 1 atom stereocenters. The van der Waals surface area contributed by atoms with Crippen LogP contribution >= 0.6 is 0 Å². The van der Waals surface area contributed by atoms with Crippen LogP contribution in [0.15, 0.2) is 65.6 Å². The predicted molar refractivity (Wildman–Crippen MR) is 95.3 cm³/mol. The van der Waals surface area contributed by atoms with Gasteiger partial charge in [0, 0.05) is 6.04 Å². The molecule has 0 heterocycles. The molecule has 0 aliphatic rings. The van der Waals surface area contributed by atoms with Crippen LogP contribution in [0.2, 0.25) is 0 Å². The highest BCUT2D eigenvalue weighted by atomic mass is 32.2. The Labute approximate surface area is 143 Å². The molecule has 2 rings (SSSR count). The number of rotatable bonds is 7. The molecule has 2 aromatic carbocycles. The Morgan fingerprint density at radius 1 is 1.04 bits per heavy atom. The minimum Gasteiger partial charge on any atom is -0.352 e. The first-order chi connectivity index (χ1) is 11.4. The van der Waals surface area contributed by atoms with E-state index in [1.807, 2.05) is 13.8 Å². The molecule has 0 unspecified atom stereocenters. The monoisotopic (exact) mass is 346 g/mol. The van der Waals surface area contributed by atoms with Gasteiger partial charge >= 0.3 is 0 Å². The van der Waals surface area contributed by atoms with Crippen LogP contribution in [0, 0.1) is 0 Å². The third kappa shape index (κ3) is 4.35. The van der Waals surface area contributed by atoms with E-state index >= 15 is 0 Å². The lowest BCUT2D eigenvalue weighted by Crippen LogP contribution is -2.43. The van der Waals surface area contributed by atoms with Gasteiger partial charge in [-0.05, 0) is 37.6 Å². The summed E-state index contributed by atoms with van der Waals surface area (Å²) in [7, 11) is -3.82. The number of benzene rings is 2. The SMILES string of the molecule is CC[C@@H](C)NC(=O)CN(c1ccccc1)S(=O)(=O)c1ccccc1. The number of hydrogen-bond donors (Lipinski definition) is 1. The fraction of sp³-hybridized carbons (Fsp3) is 0.278. The first-order valence-corrected chi connectivity index (χ1v) is 9.31. The minimum atomic E-state index is -3.82. The van der Waals surface area contributed by atoms with Crippen LogP contribution in [0.5, 0.6) is 0 Å². The third-order valence-electron chi connectivity index (χ3n) is 3.68. The minimum absolute atomic E-state index is 0.00504. The van der Waals surface area contributed by atoms with Gasteiger partial charge in [-0.2, -0.15) is 0 Å². The van der Waals surface area contributed by atoms with E-state index in [0.717, 1.165) is 10.7 Å². The van der Waals surface area contributed by atoms with E-state index in [1.165, 1.54) is 12.1 Å². The Hall–Kier alpha value is -2.34. The normalized spacial score (nSPS) is 12.4. The number of sulfonamides is 1. The second-order valence-corrected chi connectivity index (χ2v) is 7.40. The molecule has 0 saturated carbocycles. The molecule has 0 aliphatic carbocycles. The van der Waals surface area contributed by atoms with Crippen molar-refractivity contribution >= 4 is 21.6 Å². The number of para-hydroxylation sites is 1. The highest BCUT2D eigenvalue weighted by Crippen LogP contribution is 2.23. The molecule has 0 spiro atoms. The lowest BCUT2D eigenvalue weighted by molar-refractivity contribution is -0.120. The van der Waals surface area contributed by atoms with E-state index in [4.69, 9.17) is 0 Å². The van der Waals surface area contributed by atoms with Gasteiger partial charge in [0.05, 0.1) is 10.6 Å². The van der Waals surface area contributed by atoms with Crippen molar-refractivity contribution in [2.24, 2.45) is 0 Å². The highest BCUT2D eigenvalue weighted by Gasteiger charge is 2.27. The molecule has 0 radical (unpaired) electrons. The summed E-state index contributed by atoms with van der Waals surface area (Å²) in [6, 6.07) is 16.8. The average Bonchev–Trinajstić information content (AvgIpc) is 2.61. The zero-order valence-corrected chi connectivity index (χ0v) is 14.7. The van der Waals surface area contributed by atoms with Gasteiger partial charge in [-0.3, -0.25) is 9.10 Å².